The first-order valence-corrected chi connectivity index (χ1v) is 26.3. The number of rotatable bonds is 33. The lowest BCUT2D eigenvalue weighted by Crippen LogP contribution is -2.60. The van der Waals surface area contributed by atoms with Gasteiger partial charge in [0.15, 0.2) is 24.1 Å². The zero-order chi connectivity index (χ0) is 52.5. The van der Waals surface area contributed by atoms with Gasteiger partial charge in [-0.2, -0.15) is 0 Å². The Morgan fingerprint density at radius 3 is 1.51 bits per heavy atom. The Hall–Kier alpha value is -4.33. The van der Waals surface area contributed by atoms with Crippen molar-refractivity contribution >= 4 is 6.09 Å². The topological polar surface area (TPSA) is 169 Å². The van der Waals surface area contributed by atoms with E-state index >= 15 is 0 Å². The molecule has 0 radical (unpaired) electrons. The maximum Gasteiger partial charge on any atom is 0.408 e. The van der Waals surface area contributed by atoms with Gasteiger partial charge in [0.2, 0.25) is 0 Å². The highest BCUT2D eigenvalue weighted by molar-refractivity contribution is 5.68. The first-order valence-electron chi connectivity index (χ1n) is 26.3. The SMILES string of the molecule is CCCCCCCCCCCCCC[C@H]1OC(C)(C)O[C@H]1[C@H](C=C[C@H]1O[C@H](CO)[C@H](OOCc2ccc(OC)cc2)[C@H](OOCc2ccc(OC)cc2)[C@H]1OOCc1ccc(OC)cc1)NC(=O)OC(C)(C)C. The number of alkyl carbamates (subject to hydrolysis) is 1. The summed E-state index contributed by atoms with van der Waals surface area (Å²) >= 11 is 0. The molecule has 1 amide bonds. The van der Waals surface area contributed by atoms with Gasteiger partial charge in [0.1, 0.15) is 61.0 Å². The molecule has 16 nitrogen and oxygen atoms in total. The molecule has 0 bridgehead atoms. The van der Waals surface area contributed by atoms with E-state index in [4.69, 9.17) is 62.5 Å². The average Bonchev–Trinajstić information content (AvgIpc) is 3.69. The van der Waals surface area contributed by atoms with Crippen molar-refractivity contribution in [3.05, 3.63) is 102 Å². The Kier molecular flexibility index (Phi) is 25.7. The average molecular weight is 1020 g/mol. The van der Waals surface area contributed by atoms with Crippen LogP contribution in [0.4, 0.5) is 4.79 Å². The molecule has 0 unspecified atom stereocenters. The molecule has 2 aliphatic heterocycles. The molecule has 8 atom stereocenters. The zero-order valence-electron chi connectivity index (χ0n) is 44.9. The van der Waals surface area contributed by atoms with Crippen LogP contribution in [0.15, 0.2) is 84.9 Å². The quantitative estimate of drug-likeness (QED) is 0.0256. The molecule has 0 spiro atoms. The molecule has 16 heteroatoms. The fourth-order valence-electron chi connectivity index (χ4n) is 8.78. The van der Waals surface area contributed by atoms with Gasteiger partial charge in [-0.25, -0.2) is 34.1 Å². The number of carbonyl (C=O) groups is 1. The van der Waals surface area contributed by atoms with E-state index < -0.39 is 66.8 Å². The molecule has 0 aliphatic carbocycles. The van der Waals surface area contributed by atoms with Crippen molar-refractivity contribution in [1.29, 1.82) is 0 Å². The first kappa shape index (κ1) is 59.5. The van der Waals surface area contributed by atoms with Gasteiger partial charge < -0.3 is 43.6 Å². The highest BCUT2D eigenvalue weighted by Crippen LogP contribution is 2.35. The molecule has 2 heterocycles. The van der Waals surface area contributed by atoms with E-state index in [1.165, 1.54) is 57.8 Å². The number of methoxy groups -OCH3 is 3. The van der Waals surface area contributed by atoms with E-state index in [0.717, 1.165) is 42.4 Å². The number of unbranched alkanes of at least 4 members (excludes halogenated alkanes) is 11. The Balaban J connectivity index is 1.40. The molecule has 3 aromatic rings. The molecular weight excluding hydrogens is 939 g/mol. The monoisotopic (exact) mass is 1020 g/mol. The van der Waals surface area contributed by atoms with Gasteiger partial charge in [0, 0.05) is 0 Å². The van der Waals surface area contributed by atoms with Crippen molar-refractivity contribution in [2.45, 2.75) is 205 Å². The normalized spacial score (nSPS) is 22.3. The third-order valence-corrected chi connectivity index (χ3v) is 12.7. The Morgan fingerprint density at radius 2 is 1.07 bits per heavy atom. The number of aliphatic hydroxyl groups excluding tert-OH is 1. The highest BCUT2D eigenvalue weighted by atomic mass is 17.2. The van der Waals surface area contributed by atoms with Crippen molar-refractivity contribution in [2.75, 3.05) is 27.9 Å². The Bertz CT molecular complexity index is 1990. The van der Waals surface area contributed by atoms with Crippen molar-refractivity contribution in [3.63, 3.8) is 0 Å². The van der Waals surface area contributed by atoms with Gasteiger partial charge in [0.25, 0.3) is 0 Å². The third kappa shape index (κ3) is 21.1. The van der Waals surface area contributed by atoms with Crippen LogP contribution in [0.2, 0.25) is 0 Å². The number of amides is 1. The molecular formula is C57H85NO15. The number of ether oxygens (including phenoxy) is 7. The van der Waals surface area contributed by atoms with Gasteiger partial charge in [-0.1, -0.05) is 133 Å². The molecule has 73 heavy (non-hydrogen) atoms. The minimum absolute atomic E-state index is 0.0295. The number of carbonyl (C=O) groups excluding carboxylic acids is 1. The van der Waals surface area contributed by atoms with Crippen LogP contribution in [-0.2, 0) is 68.1 Å². The number of benzene rings is 3. The first-order chi connectivity index (χ1) is 35.2. The predicted octanol–water partition coefficient (Wildman–Crippen LogP) is 11.4. The predicted molar refractivity (Wildman–Crippen MR) is 276 cm³/mol. The standard InChI is InChI=1S/C57H85NO15/c1-10-11-12-13-14-15-16-17-18-19-20-21-22-49-51(69-57(5,6)68-49)47(58-55(60)70-56(2,3)4)35-36-48-52(71-64-38-41-23-29-44(61-7)30-24-41)54(73-66-40-43-27-33-46(63-9)34-28-43)53(50(37-59)67-48)72-65-39-42-25-31-45(62-8)32-26-42/h23-36,47-54,59H,10-22,37-40H2,1-9H3,(H,58,60)/t47-,48+,49+,50+,51-,52-,53-,54+/m0/s1. The van der Waals surface area contributed by atoms with Crippen LogP contribution in [0.3, 0.4) is 0 Å². The van der Waals surface area contributed by atoms with Crippen LogP contribution in [0, 0.1) is 0 Å². The number of hydrogen-bond donors (Lipinski definition) is 2. The largest absolute Gasteiger partial charge is 0.497 e. The lowest BCUT2D eigenvalue weighted by atomic mass is 9.93. The maximum absolute atomic E-state index is 13.6. The summed E-state index contributed by atoms with van der Waals surface area (Å²) in [6.07, 6.45) is 12.0. The molecule has 3 aromatic carbocycles. The van der Waals surface area contributed by atoms with Crippen LogP contribution in [-0.4, -0.2) is 99.3 Å². The van der Waals surface area contributed by atoms with Gasteiger partial charge in [-0.3, -0.25) is 0 Å². The summed E-state index contributed by atoms with van der Waals surface area (Å²) in [6, 6.07) is 21.2. The lowest BCUT2D eigenvalue weighted by molar-refractivity contribution is -0.464. The van der Waals surface area contributed by atoms with Crippen molar-refractivity contribution < 1.29 is 72.4 Å². The summed E-state index contributed by atoms with van der Waals surface area (Å²) in [5.74, 6) is 1.13. The Morgan fingerprint density at radius 1 is 0.630 bits per heavy atom. The second-order valence-corrected chi connectivity index (χ2v) is 20.2. The van der Waals surface area contributed by atoms with Crippen LogP contribution in [0.25, 0.3) is 0 Å². The summed E-state index contributed by atoms with van der Waals surface area (Å²) < 4.78 is 41.6. The summed E-state index contributed by atoms with van der Waals surface area (Å²) in [4.78, 5) is 50.0. The van der Waals surface area contributed by atoms with Crippen LogP contribution in [0.5, 0.6) is 17.2 Å². The van der Waals surface area contributed by atoms with E-state index in [2.05, 4.69) is 12.2 Å². The number of aliphatic hydroxyl groups is 1. The van der Waals surface area contributed by atoms with Crippen LogP contribution in [0.1, 0.15) is 142 Å². The minimum atomic E-state index is -1.15. The van der Waals surface area contributed by atoms with Gasteiger partial charge in [-0.15, -0.1) is 0 Å². The minimum Gasteiger partial charge on any atom is -0.497 e. The molecule has 0 saturated carbocycles. The van der Waals surface area contributed by atoms with Crippen molar-refractivity contribution in [1.82, 2.24) is 5.32 Å². The summed E-state index contributed by atoms with van der Waals surface area (Å²) in [6.45, 7) is 11.0. The van der Waals surface area contributed by atoms with Gasteiger partial charge in [-0.05, 0) is 94.1 Å². The third-order valence-electron chi connectivity index (χ3n) is 12.7. The van der Waals surface area contributed by atoms with Gasteiger partial charge >= 0.3 is 6.09 Å². The number of hydrogen-bond acceptors (Lipinski definition) is 15. The smallest absolute Gasteiger partial charge is 0.408 e. The van der Waals surface area contributed by atoms with Crippen LogP contribution < -0.4 is 19.5 Å². The zero-order valence-corrected chi connectivity index (χ0v) is 44.9. The lowest BCUT2D eigenvalue weighted by Gasteiger charge is -2.42. The van der Waals surface area contributed by atoms with Crippen LogP contribution >= 0.6 is 0 Å². The van der Waals surface area contributed by atoms with Crippen molar-refractivity contribution in [2.24, 2.45) is 0 Å². The maximum atomic E-state index is 13.6. The van der Waals surface area contributed by atoms with Gasteiger partial charge in [0.05, 0.1) is 40.1 Å². The molecule has 408 valence electrons. The summed E-state index contributed by atoms with van der Waals surface area (Å²) in [5.41, 5.74) is 1.61. The second kappa shape index (κ2) is 31.5. The fourth-order valence-corrected chi connectivity index (χ4v) is 8.78. The fraction of sp³-hybridized carbons (Fsp3) is 0.632. The van der Waals surface area contributed by atoms with E-state index in [1.807, 2.05) is 86.6 Å². The molecule has 5 rings (SSSR count). The van der Waals surface area contributed by atoms with Crippen molar-refractivity contribution in [3.8, 4) is 17.2 Å². The highest BCUT2D eigenvalue weighted by Gasteiger charge is 2.51. The molecule has 2 fully saturated rings. The van der Waals surface area contributed by atoms with E-state index in [-0.39, 0.29) is 25.9 Å². The number of nitrogens with one attached hydrogen (secondary N) is 1. The molecule has 0 aromatic heterocycles. The molecule has 2 aliphatic rings. The molecule has 2 N–H and O–H groups in total. The Labute approximate surface area is 434 Å². The van der Waals surface area contributed by atoms with E-state index in [1.54, 1.807) is 54.3 Å². The summed E-state index contributed by atoms with van der Waals surface area (Å²) in [5, 5.41) is 14.0. The molecule has 2 saturated heterocycles. The summed E-state index contributed by atoms with van der Waals surface area (Å²) in [7, 11) is 4.79. The van der Waals surface area contributed by atoms with E-state index in [0.29, 0.717) is 17.2 Å². The van der Waals surface area contributed by atoms with E-state index in [9.17, 15) is 9.90 Å². The second-order valence-electron chi connectivity index (χ2n) is 20.2.